The van der Waals surface area contributed by atoms with Gasteiger partial charge in [-0.05, 0) is 44.8 Å². The zero-order valence-electron chi connectivity index (χ0n) is 14.6. The highest BCUT2D eigenvalue weighted by Gasteiger charge is 2.46. The molecular formula is C17H28N4O3. The van der Waals surface area contributed by atoms with Gasteiger partial charge in [0.05, 0.1) is 18.6 Å². The van der Waals surface area contributed by atoms with Crippen LogP contribution in [0.5, 0.6) is 0 Å². The van der Waals surface area contributed by atoms with Crippen molar-refractivity contribution in [2.75, 3.05) is 40.4 Å². The van der Waals surface area contributed by atoms with Crippen LogP contribution >= 0.6 is 0 Å². The number of methoxy groups -OCH3 is 1. The van der Waals surface area contributed by atoms with E-state index in [1.807, 2.05) is 24.5 Å². The van der Waals surface area contributed by atoms with Crippen molar-refractivity contribution in [1.29, 1.82) is 0 Å². The molecule has 1 atom stereocenters. The molecule has 0 radical (unpaired) electrons. The summed E-state index contributed by atoms with van der Waals surface area (Å²) in [4.78, 5) is 20.1. The molecule has 24 heavy (non-hydrogen) atoms. The minimum Gasteiger partial charge on any atom is -0.480 e. The summed E-state index contributed by atoms with van der Waals surface area (Å²) in [5, 5.41) is 9.35. The Morgan fingerprint density at radius 3 is 2.83 bits per heavy atom. The van der Waals surface area contributed by atoms with Gasteiger partial charge in [-0.15, -0.1) is 0 Å². The van der Waals surface area contributed by atoms with Gasteiger partial charge in [-0.3, -0.25) is 14.6 Å². The van der Waals surface area contributed by atoms with Crippen LogP contribution in [0.3, 0.4) is 0 Å². The Balaban J connectivity index is 1.55. The molecule has 2 saturated heterocycles. The first-order valence-electron chi connectivity index (χ1n) is 8.66. The third-order valence-electron chi connectivity index (χ3n) is 5.67. The molecule has 0 saturated carbocycles. The molecule has 2 aliphatic rings. The molecular weight excluding hydrogens is 308 g/mol. The number of aliphatic carboxylic acids is 1. The molecule has 2 fully saturated rings. The molecule has 0 unspecified atom stereocenters. The van der Waals surface area contributed by atoms with Crippen molar-refractivity contribution in [2.45, 2.75) is 38.4 Å². The van der Waals surface area contributed by atoms with Gasteiger partial charge < -0.3 is 14.4 Å². The predicted molar refractivity (Wildman–Crippen MR) is 89.7 cm³/mol. The SMILES string of the molecule is COCCn1cncc1CN1CCC2(CC1)C[C@H](C(=O)O)N(C)C2. The number of carboxylic acids is 1. The Kier molecular flexibility index (Phi) is 5.22. The lowest BCUT2D eigenvalue weighted by Gasteiger charge is -2.39. The van der Waals surface area contributed by atoms with Crippen molar-refractivity contribution in [3.8, 4) is 0 Å². The summed E-state index contributed by atoms with van der Waals surface area (Å²) in [6.07, 6.45) is 6.74. The average Bonchev–Trinajstić information content (AvgIpc) is 3.12. The number of carboxylic acid groups (broad SMARTS) is 1. The molecule has 1 aromatic heterocycles. The Morgan fingerprint density at radius 1 is 1.46 bits per heavy atom. The van der Waals surface area contributed by atoms with Crippen molar-refractivity contribution in [3.63, 3.8) is 0 Å². The highest BCUT2D eigenvalue weighted by Crippen LogP contribution is 2.42. The van der Waals surface area contributed by atoms with E-state index < -0.39 is 5.97 Å². The molecule has 0 amide bonds. The van der Waals surface area contributed by atoms with E-state index in [1.54, 1.807) is 7.11 Å². The van der Waals surface area contributed by atoms with Crippen LogP contribution in [0.4, 0.5) is 0 Å². The molecule has 0 bridgehead atoms. The van der Waals surface area contributed by atoms with E-state index in [4.69, 9.17) is 4.74 Å². The van der Waals surface area contributed by atoms with Crippen LogP contribution in [-0.4, -0.2) is 76.9 Å². The first kappa shape index (κ1) is 17.4. The zero-order chi connectivity index (χ0) is 17.2. The normalized spacial score (nSPS) is 24.7. The van der Waals surface area contributed by atoms with Gasteiger partial charge in [0.25, 0.3) is 0 Å². The number of aromatic nitrogens is 2. The van der Waals surface area contributed by atoms with Crippen LogP contribution in [0, 0.1) is 5.41 Å². The molecule has 3 rings (SSSR count). The molecule has 2 aliphatic heterocycles. The second-order valence-electron chi connectivity index (χ2n) is 7.32. The second kappa shape index (κ2) is 7.21. The molecule has 1 aromatic rings. The smallest absolute Gasteiger partial charge is 0.320 e. The number of ether oxygens (including phenoxy) is 1. The van der Waals surface area contributed by atoms with Gasteiger partial charge in [-0.25, -0.2) is 4.98 Å². The predicted octanol–water partition coefficient (Wildman–Crippen LogP) is 0.900. The average molecular weight is 336 g/mol. The maximum absolute atomic E-state index is 11.4. The fourth-order valence-corrected chi connectivity index (χ4v) is 4.19. The van der Waals surface area contributed by atoms with E-state index in [9.17, 15) is 9.90 Å². The first-order valence-corrected chi connectivity index (χ1v) is 8.66. The van der Waals surface area contributed by atoms with Gasteiger partial charge in [0.1, 0.15) is 6.04 Å². The minimum absolute atomic E-state index is 0.185. The van der Waals surface area contributed by atoms with Gasteiger partial charge in [0.15, 0.2) is 0 Å². The van der Waals surface area contributed by atoms with Crippen LogP contribution in [0.2, 0.25) is 0 Å². The summed E-state index contributed by atoms with van der Waals surface area (Å²) in [7, 11) is 3.65. The standard InChI is InChI=1S/C17H28N4O3/c1-19-12-17(9-15(19)16(22)23)3-5-20(6-4-17)11-14-10-18-13-21(14)7-8-24-2/h10,13,15H,3-9,11-12H2,1-2H3,(H,22,23)/t15-/m1/s1. The van der Waals surface area contributed by atoms with Gasteiger partial charge in [0.2, 0.25) is 0 Å². The van der Waals surface area contributed by atoms with Gasteiger partial charge >= 0.3 is 5.97 Å². The third-order valence-corrected chi connectivity index (χ3v) is 5.67. The van der Waals surface area contributed by atoms with Crippen molar-refractivity contribution < 1.29 is 14.6 Å². The van der Waals surface area contributed by atoms with E-state index in [2.05, 4.69) is 14.5 Å². The second-order valence-corrected chi connectivity index (χ2v) is 7.32. The van der Waals surface area contributed by atoms with Gasteiger partial charge in [-0.1, -0.05) is 0 Å². The molecule has 7 heteroatoms. The van der Waals surface area contributed by atoms with Crippen LogP contribution in [0.1, 0.15) is 25.0 Å². The van der Waals surface area contributed by atoms with E-state index in [0.717, 1.165) is 52.0 Å². The summed E-state index contributed by atoms with van der Waals surface area (Å²) in [5.74, 6) is -0.682. The van der Waals surface area contributed by atoms with Crippen LogP contribution in [-0.2, 0) is 22.6 Å². The molecule has 134 valence electrons. The zero-order valence-corrected chi connectivity index (χ0v) is 14.6. The third kappa shape index (κ3) is 3.63. The Hall–Kier alpha value is -1.44. The maximum atomic E-state index is 11.4. The minimum atomic E-state index is -0.682. The monoisotopic (exact) mass is 336 g/mol. The van der Waals surface area contributed by atoms with Crippen molar-refractivity contribution in [2.24, 2.45) is 5.41 Å². The van der Waals surface area contributed by atoms with Crippen molar-refractivity contribution in [3.05, 3.63) is 18.2 Å². The lowest BCUT2D eigenvalue weighted by molar-refractivity contribution is -0.141. The topological polar surface area (TPSA) is 70.8 Å². The molecule has 1 spiro atoms. The van der Waals surface area contributed by atoms with Crippen LogP contribution in [0.25, 0.3) is 0 Å². The number of hydrogen-bond acceptors (Lipinski definition) is 5. The van der Waals surface area contributed by atoms with E-state index in [1.165, 1.54) is 5.69 Å². The maximum Gasteiger partial charge on any atom is 0.320 e. The largest absolute Gasteiger partial charge is 0.480 e. The van der Waals surface area contributed by atoms with Crippen LogP contribution < -0.4 is 0 Å². The summed E-state index contributed by atoms with van der Waals surface area (Å²) < 4.78 is 7.30. The fraction of sp³-hybridized carbons (Fsp3) is 0.765. The Bertz CT molecular complexity index is 566. The van der Waals surface area contributed by atoms with Gasteiger partial charge in [0, 0.05) is 32.9 Å². The van der Waals surface area contributed by atoms with Crippen molar-refractivity contribution in [1.82, 2.24) is 19.4 Å². The number of hydrogen-bond donors (Lipinski definition) is 1. The van der Waals surface area contributed by atoms with Crippen molar-refractivity contribution >= 4 is 5.97 Å². The number of nitrogens with zero attached hydrogens (tertiary/aromatic N) is 4. The van der Waals surface area contributed by atoms with E-state index in [-0.39, 0.29) is 11.5 Å². The van der Waals surface area contributed by atoms with E-state index >= 15 is 0 Å². The lowest BCUT2D eigenvalue weighted by Crippen LogP contribution is -2.41. The number of rotatable bonds is 6. The number of likely N-dealkylation sites (N-methyl/N-ethyl adjacent to an activating group) is 1. The van der Waals surface area contributed by atoms with Gasteiger partial charge in [-0.2, -0.15) is 0 Å². The Labute approximate surface area is 143 Å². The Morgan fingerprint density at radius 2 is 2.21 bits per heavy atom. The quantitative estimate of drug-likeness (QED) is 0.832. The summed E-state index contributed by atoms with van der Waals surface area (Å²) >= 11 is 0. The van der Waals surface area contributed by atoms with E-state index in [0.29, 0.717) is 6.61 Å². The first-order chi connectivity index (χ1) is 11.5. The fourth-order valence-electron chi connectivity index (χ4n) is 4.19. The highest BCUT2D eigenvalue weighted by atomic mass is 16.5. The molecule has 0 aromatic carbocycles. The summed E-state index contributed by atoms with van der Waals surface area (Å²) in [6.45, 7) is 5.37. The molecule has 3 heterocycles. The highest BCUT2D eigenvalue weighted by molar-refractivity contribution is 5.74. The van der Waals surface area contributed by atoms with Crippen LogP contribution in [0.15, 0.2) is 12.5 Å². The number of carbonyl (C=O) groups is 1. The number of imidazole rings is 1. The summed E-state index contributed by atoms with van der Waals surface area (Å²) in [6, 6.07) is -0.313. The summed E-state index contributed by atoms with van der Waals surface area (Å²) in [5.41, 5.74) is 1.40. The molecule has 7 nitrogen and oxygen atoms in total. The molecule has 0 aliphatic carbocycles. The molecule has 1 N–H and O–H groups in total. The lowest BCUT2D eigenvalue weighted by atomic mass is 9.76. The number of likely N-dealkylation sites (tertiary alicyclic amines) is 2. The number of piperidine rings is 1.